The lowest BCUT2D eigenvalue weighted by molar-refractivity contribution is 0.542. The quantitative estimate of drug-likeness (QED) is 0.888. The van der Waals surface area contributed by atoms with Crippen molar-refractivity contribution in [1.82, 2.24) is 4.72 Å². The van der Waals surface area contributed by atoms with Crippen molar-refractivity contribution in [2.24, 2.45) is 5.73 Å². The van der Waals surface area contributed by atoms with E-state index in [1.54, 1.807) is 11.8 Å². The largest absolute Gasteiger partial charge is 0.326 e. The molecule has 0 aliphatic carbocycles. The van der Waals surface area contributed by atoms with Gasteiger partial charge < -0.3 is 5.73 Å². The molecular formula is C11H18N2O2S3. The first kappa shape index (κ1) is 14.3. The molecule has 0 spiro atoms. The molecule has 1 aromatic heterocycles. The molecular weight excluding hydrogens is 288 g/mol. The number of rotatable bonds is 4. The van der Waals surface area contributed by atoms with Crippen LogP contribution in [0.4, 0.5) is 0 Å². The first-order valence-corrected chi connectivity index (χ1v) is 9.43. The zero-order valence-corrected chi connectivity index (χ0v) is 12.8. The van der Waals surface area contributed by atoms with Gasteiger partial charge in [-0.3, -0.25) is 0 Å². The summed E-state index contributed by atoms with van der Waals surface area (Å²) in [5.41, 5.74) is 6.40. The number of thiophene rings is 1. The van der Waals surface area contributed by atoms with Crippen molar-refractivity contribution in [2.75, 3.05) is 11.5 Å². The van der Waals surface area contributed by atoms with E-state index in [-0.39, 0.29) is 12.6 Å². The van der Waals surface area contributed by atoms with Crippen LogP contribution in [0.5, 0.6) is 0 Å². The molecule has 4 nitrogen and oxygen atoms in total. The summed E-state index contributed by atoms with van der Waals surface area (Å²) in [6.07, 6.45) is 2.00. The van der Waals surface area contributed by atoms with Gasteiger partial charge in [0.1, 0.15) is 4.90 Å². The lowest BCUT2D eigenvalue weighted by atomic mass is 10.2. The fraction of sp³-hybridized carbons (Fsp3) is 0.636. The predicted molar refractivity (Wildman–Crippen MR) is 77.6 cm³/mol. The molecule has 1 aromatic rings. The molecule has 1 saturated heterocycles. The lowest BCUT2D eigenvalue weighted by Gasteiger charge is -2.22. The highest BCUT2D eigenvalue weighted by molar-refractivity contribution is 7.99. The highest BCUT2D eigenvalue weighted by Gasteiger charge is 2.26. The van der Waals surface area contributed by atoms with Crippen molar-refractivity contribution in [3.05, 3.63) is 15.8 Å². The van der Waals surface area contributed by atoms with Gasteiger partial charge in [-0.2, -0.15) is 11.8 Å². The summed E-state index contributed by atoms with van der Waals surface area (Å²) in [4.78, 5) is 1.13. The average Bonchev–Trinajstić information content (AvgIpc) is 2.72. The zero-order chi connectivity index (χ0) is 13.2. The Morgan fingerprint density at radius 2 is 2.33 bits per heavy atom. The smallest absolute Gasteiger partial charge is 0.242 e. The van der Waals surface area contributed by atoms with Crippen LogP contribution < -0.4 is 10.5 Å². The van der Waals surface area contributed by atoms with E-state index in [2.05, 4.69) is 4.72 Å². The van der Waals surface area contributed by atoms with Gasteiger partial charge in [-0.05, 0) is 36.5 Å². The number of nitrogens with one attached hydrogen (secondary N) is 1. The predicted octanol–water partition coefficient (Wildman–Crippen LogP) is 1.69. The molecule has 7 heteroatoms. The Bertz CT molecular complexity index is 504. The fourth-order valence-corrected chi connectivity index (χ4v) is 6.25. The van der Waals surface area contributed by atoms with Crippen LogP contribution in [-0.4, -0.2) is 26.0 Å². The van der Waals surface area contributed by atoms with Crippen LogP contribution in [0.3, 0.4) is 0 Å². The molecule has 1 unspecified atom stereocenters. The Morgan fingerprint density at radius 3 is 2.94 bits per heavy atom. The Hall–Kier alpha value is -0.0800. The van der Waals surface area contributed by atoms with E-state index >= 15 is 0 Å². The molecule has 1 aliphatic rings. The number of thioether (sulfide) groups is 1. The van der Waals surface area contributed by atoms with E-state index in [9.17, 15) is 8.42 Å². The summed E-state index contributed by atoms with van der Waals surface area (Å²) in [7, 11) is -3.42. The van der Waals surface area contributed by atoms with Crippen LogP contribution in [0.25, 0.3) is 0 Å². The van der Waals surface area contributed by atoms with Crippen molar-refractivity contribution in [3.8, 4) is 0 Å². The third kappa shape index (κ3) is 3.08. The topological polar surface area (TPSA) is 72.2 Å². The molecule has 3 N–H and O–H groups in total. The van der Waals surface area contributed by atoms with Crippen LogP contribution in [0.15, 0.2) is 10.3 Å². The second-order valence-corrected chi connectivity index (χ2v) is 8.18. The summed E-state index contributed by atoms with van der Waals surface area (Å²) >= 11 is 3.22. The van der Waals surface area contributed by atoms with Gasteiger partial charge in [-0.15, -0.1) is 11.3 Å². The number of aryl methyl sites for hydroxylation is 1. The summed E-state index contributed by atoms with van der Waals surface area (Å²) in [5.74, 6) is 1.99. The monoisotopic (exact) mass is 306 g/mol. The maximum Gasteiger partial charge on any atom is 0.242 e. The van der Waals surface area contributed by atoms with Crippen LogP contribution in [0.2, 0.25) is 0 Å². The van der Waals surface area contributed by atoms with Gasteiger partial charge in [-0.25, -0.2) is 13.1 Å². The van der Waals surface area contributed by atoms with Crippen molar-refractivity contribution in [1.29, 1.82) is 0 Å². The Labute approximate surface area is 116 Å². The van der Waals surface area contributed by atoms with Crippen LogP contribution >= 0.6 is 23.1 Å². The van der Waals surface area contributed by atoms with Crippen LogP contribution in [0.1, 0.15) is 23.3 Å². The SMILES string of the molecule is Cc1csc(CN)c1S(=O)(=O)NC1CCCSC1. The molecule has 1 atom stereocenters. The number of hydrogen-bond donors (Lipinski definition) is 2. The van der Waals surface area contributed by atoms with Crippen molar-refractivity contribution >= 4 is 33.1 Å². The molecule has 102 valence electrons. The molecule has 0 saturated carbocycles. The molecule has 0 bridgehead atoms. The van der Waals surface area contributed by atoms with Gasteiger partial charge >= 0.3 is 0 Å². The minimum Gasteiger partial charge on any atom is -0.326 e. The number of sulfonamides is 1. The molecule has 0 aromatic carbocycles. The first-order chi connectivity index (χ1) is 8.54. The molecule has 2 heterocycles. The van der Waals surface area contributed by atoms with Gasteiger partial charge in [-0.1, -0.05) is 0 Å². The van der Waals surface area contributed by atoms with E-state index in [4.69, 9.17) is 5.73 Å². The summed E-state index contributed by atoms with van der Waals surface area (Å²) in [5, 5.41) is 1.85. The van der Waals surface area contributed by atoms with Crippen molar-refractivity contribution < 1.29 is 8.42 Å². The van der Waals surface area contributed by atoms with Gasteiger partial charge in [0.25, 0.3) is 0 Å². The van der Waals surface area contributed by atoms with E-state index in [0.29, 0.717) is 4.90 Å². The Kier molecular flexibility index (Phi) is 4.71. The fourth-order valence-electron chi connectivity index (χ4n) is 2.10. The van der Waals surface area contributed by atoms with Crippen molar-refractivity contribution in [3.63, 3.8) is 0 Å². The normalized spacial score (nSPS) is 21.1. The standard InChI is InChI=1S/C11H18N2O2S3/c1-8-6-17-10(5-12)11(8)18(14,15)13-9-3-2-4-16-7-9/h6,9,13H,2-5,7,12H2,1H3. The van der Waals surface area contributed by atoms with Crippen LogP contribution in [0, 0.1) is 6.92 Å². The maximum atomic E-state index is 12.4. The molecule has 0 radical (unpaired) electrons. The van der Waals surface area contributed by atoms with Gasteiger partial charge in [0.05, 0.1) is 0 Å². The molecule has 2 rings (SSSR count). The third-order valence-electron chi connectivity index (χ3n) is 2.93. The molecule has 0 amide bonds. The van der Waals surface area contributed by atoms with Gasteiger partial charge in [0, 0.05) is 23.2 Å². The maximum absolute atomic E-state index is 12.4. The number of hydrogen-bond acceptors (Lipinski definition) is 5. The minimum atomic E-state index is -3.42. The number of nitrogens with two attached hydrogens (primary N) is 1. The van der Waals surface area contributed by atoms with Crippen molar-refractivity contribution in [2.45, 2.75) is 37.2 Å². The van der Waals surface area contributed by atoms with Gasteiger partial charge in [0.15, 0.2) is 0 Å². The average molecular weight is 306 g/mol. The molecule has 1 aliphatic heterocycles. The molecule has 18 heavy (non-hydrogen) atoms. The summed E-state index contributed by atoms with van der Waals surface area (Å²) in [6.45, 7) is 2.09. The van der Waals surface area contributed by atoms with Crippen LogP contribution in [-0.2, 0) is 16.6 Å². The second kappa shape index (κ2) is 5.92. The lowest BCUT2D eigenvalue weighted by Crippen LogP contribution is -2.38. The third-order valence-corrected chi connectivity index (χ3v) is 7.15. The van der Waals surface area contributed by atoms with Gasteiger partial charge in [0.2, 0.25) is 10.0 Å². The van der Waals surface area contributed by atoms with E-state index < -0.39 is 10.0 Å². The summed E-state index contributed by atoms with van der Waals surface area (Å²) in [6, 6.07) is 0.0543. The highest BCUT2D eigenvalue weighted by Crippen LogP contribution is 2.27. The van der Waals surface area contributed by atoms with E-state index in [1.807, 2.05) is 12.3 Å². The Morgan fingerprint density at radius 1 is 1.56 bits per heavy atom. The van der Waals surface area contributed by atoms with E-state index in [0.717, 1.165) is 34.8 Å². The van der Waals surface area contributed by atoms with E-state index in [1.165, 1.54) is 11.3 Å². The zero-order valence-electron chi connectivity index (χ0n) is 10.3. The molecule has 1 fully saturated rings. The minimum absolute atomic E-state index is 0.0543. The second-order valence-electron chi connectivity index (χ2n) is 4.41. The Balaban J connectivity index is 2.21. The first-order valence-electron chi connectivity index (χ1n) is 5.91. The summed E-state index contributed by atoms with van der Waals surface area (Å²) < 4.78 is 27.6. The highest BCUT2D eigenvalue weighted by atomic mass is 32.2.